The van der Waals surface area contributed by atoms with Crippen LogP contribution in [0.1, 0.15) is 11.3 Å². The maximum absolute atomic E-state index is 11.3. The van der Waals surface area contributed by atoms with Crippen LogP contribution in [0.3, 0.4) is 0 Å². The zero-order valence-corrected chi connectivity index (χ0v) is 19.1. The number of hydrogen-bond donors (Lipinski definition) is 0. The highest BCUT2D eigenvalue weighted by Crippen LogP contribution is 2.36. The molecular formula is C28H20N4O4. The van der Waals surface area contributed by atoms with Gasteiger partial charge in [-0.3, -0.25) is 10.1 Å². The number of nitrogens with zero attached hydrogens (tertiary/aromatic N) is 4. The molecule has 0 saturated heterocycles. The summed E-state index contributed by atoms with van der Waals surface area (Å²) in [6.07, 6.45) is 5.79. The predicted molar refractivity (Wildman–Crippen MR) is 137 cm³/mol. The minimum absolute atomic E-state index is 0.0422. The summed E-state index contributed by atoms with van der Waals surface area (Å²) in [6, 6.07) is 24.1. The molecule has 0 unspecified atom stereocenters. The number of benzene rings is 3. The van der Waals surface area contributed by atoms with E-state index in [-0.39, 0.29) is 5.69 Å². The Morgan fingerprint density at radius 1 is 0.889 bits per heavy atom. The van der Waals surface area contributed by atoms with Crippen molar-refractivity contribution in [3.63, 3.8) is 0 Å². The van der Waals surface area contributed by atoms with Crippen LogP contribution < -0.4 is 9.47 Å². The number of nitro groups is 1. The van der Waals surface area contributed by atoms with Crippen molar-refractivity contribution in [1.29, 1.82) is 0 Å². The first kappa shape index (κ1) is 21.5. The smallest absolute Gasteiger partial charge is 0.278 e. The molecule has 0 fully saturated rings. The van der Waals surface area contributed by atoms with Crippen molar-refractivity contribution in [1.82, 2.24) is 14.8 Å². The molecule has 0 N–H and O–H groups in total. The lowest BCUT2D eigenvalue weighted by Gasteiger charge is -2.18. The monoisotopic (exact) mass is 476 g/mol. The van der Waals surface area contributed by atoms with E-state index in [2.05, 4.69) is 4.98 Å². The number of aromatic nitrogens is 3. The van der Waals surface area contributed by atoms with E-state index in [4.69, 9.17) is 14.6 Å². The number of pyridine rings is 1. The zero-order valence-electron chi connectivity index (χ0n) is 19.1. The van der Waals surface area contributed by atoms with Gasteiger partial charge in [-0.05, 0) is 60.7 Å². The van der Waals surface area contributed by atoms with Crippen LogP contribution in [-0.4, -0.2) is 32.9 Å². The fraction of sp³-hybridized carbons (Fsp3) is 0.0714. The Hall–Kier alpha value is -4.98. The molecular weight excluding hydrogens is 456 g/mol. The van der Waals surface area contributed by atoms with Gasteiger partial charge >= 0.3 is 0 Å². The highest BCUT2D eigenvalue weighted by molar-refractivity contribution is 5.89. The third-order valence-corrected chi connectivity index (χ3v) is 5.94. The summed E-state index contributed by atoms with van der Waals surface area (Å²) in [4.78, 5) is 15.5. The van der Waals surface area contributed by atoms with E-state index in [0.29, 0.717) is 35.6 Å². The van der Waals surface area contributed by atoms with Gasteiger partial charge in [-0.15, -0.1) is 0 Å². The lowest BCUT2D eigenvalue weighted by Crippen LogP contribution is -2.15. The van der Waals surface area contributed by atoms with Gasteiger partial charge in [0.25, 0.3) is 5.69 Å². The summed E-state index contributed by atoms with van der Waals surface area (Å²) in [7, 11) is 0. The van der Waals surface area contributed by atoms with Gasteiger partial charge in [-0.25, -0.2) is 9.67 Å². The number of non-ortho nitro benzene ring substituents is 1. The summed E-state index contributed by atoms with van der Waals surface area (Å²) in [6.45, 7) is 1.04. The van der Waals surface area contributed by atoms with E-state index in [9.17, 15) is 10.1 Å². The van der Waals surface area contributed by atoms with E-state index in [1.165, 1.54) is 6.07 Å². The van der Waals surface area contributed by atoms with Gasteiger partial charge in [0.1, 0.15) is 18.9 Å². The third kappa shape index (κ3) is 4.05. The number of para-hydroxylation sites is 1. The number of hydrogen-bond acceptors (Lipinski definition) is 6. The molecule has 0 atom stereocenters. The molecule has 0 bridgehead atoms. The molecule has 1 aliphatic heterocycles. The molecule has 3 aromatic carbocycles. The predicted octanol–water partition coefficient (Wildman–Crippen LogP) is 5.94. The van der Waals surface area contributed by atoms with E-state index < -0.39 is 4.92 Å². The second-order valence-electron chi connectivity index (χ2n) is 8.24. The highest BCUT2D eigenvalue weighted by atomic mass is 16.6. The van der Waals surface area contributed by atoms with Crippen LogP contribution in [0, 0.1) is 10.1 Å². The molecule has 176 valence electrons. The molecule has 36 heavy (non-hydrogen) atoms. The Kier molecular flexibility index (Phi) is 5.38. The summed E-state index contributed by atoms with van der Waals surface area (Å²) in [5.41, 5.74) is 4.80. The Labute approximate surface area is 206 Å². The molecule has 8 heteroatoms. The van der Waals surface area contributed by atoms with Crippen molar-refractivity contribution in [3.05, 3.63) is 106 Å². The van der Waals surface area contributed by atoms with E-state index in [0.717, 1.165) is 28.3 Å². The largest absolute Gasteiger partial charge is 0.486 e. The topological polar surface area (TPSA) is 92.3 Å². The van der Waals surface area contributed by atoms with E-state index in [1.54, 1.807) is 24.3 Å². The molecule has 3 heterocycles. The number of nitro benzene ring substituents is 1. The molecule has 0 spiro atoms. The summed E-state index contributed by atoms with van der Waals surface area (Å²) in [5.74, 6) is 1.42. The number of ether oxygens (including phenoxy) is 2. The molecule has 6 rings (SSSR count). The average molecular weight is 476 g/mol. The van der Waals surface area contributed by atoms with Crippen LogP contribution in [0.25, 0.3) is 40.0 Å². The van der Waals surface area contributed by atoms with Gasteiger partial charge in [0, 0.05) is 23.4 Å². The molecule has 0 saturated carbocycles. The van der Waals surface area contributed by atoms with Crippen LogP contribution in [0.5, 0.6) is 11.5 Å². The van der Waals surface area contributed by atoms with Crippen LogP contribution in [0.15, 0.2) is 85.1 Å². The zero-order chi connectivity index (χ0) is 24.5. The second-order valence-corrected chi connectivity index (χ2v) is 8.24. The lowest BCUT2D eigenvalue weighted by molar-refractivity contribution is -0.383. The molecule has 5 aromatic rings. The quantitative estimate of drug-likeness (QED) is 0.230. The molecule has 1 aliphatic rings. The van der Waals surface area contributed by atoms with Gasteiger partial charge in [-0.2, -0.15) is 5.10 Å². The van der Waals surface area contributed by atoms with Crippen molar-refractivity contribution in [2.75, 3.05) is 13.2 Å². The Morgan fingerprint density at radius 2 is 1.72 bits per heavy atom. The average Bonchev–Trinajstić information content (AvgIpc) is 3.36. The van der Waals surface area contributed by atoms with Crippen LogP contribution in [0.2, 0.25) is 0 Å². The maximum Gasteiger partial charge on any atom is 0.278 e. The highest BCUT2D eigenvalue weighted by Gasteiger charge is 2.17. The van der Waals surface area contributed by atoms with Crippen molar-refractivity contribution < 1.29 is 14.4 Å². The van der Waals surface area contributed by atoms with Gasteiger partial charge < -0.3 is 9.47 Å². The SMILES string of the molecule is O=[N+]([O-])c1cccc2nc(C=Cc3cn(-c4ccccc4)nc3-c3ccc4c(c3)OCCO4)ccc12. The van der Waals surface area contributed by atoms with Crippen molar-refractivity contribution >= 4 is 28.7 Å². The Balaban J connectivity index is 1.41. The molecule has 0 radical (unpaired) electrons. The number of rotatable bonds is 5. The molecule has 0 aliphatic carbocycles. The van der Waals surface area contributed by atoms with E-state index in [1.807, 2.05) is 71.6 Å². The van der Waals surface area contributed by atoms with Gasteiger partial charge in [-0.1, -0.05) is 24.3 Å². The first-order chi connectivity index (χ1) is 17.7. The standard InChI is InChI=1S/C28H20N4O4/c33-32(34)25-8-4-7-24-23(25)13-12-21(29-24)11-9-20-18-31(22-5-2-1-3-6-22)30-28(20)19-10-14-26-27(17-19)36-16-15-35-26/h1-14,17-18H,15-16H2. The summed E-state index contributed by atoms with van der Waals surface area (Å²) in [5, 5.41) is 16.7. The van der Waals surface area contributed by atoms with Gasteiger partial charge in [0.2, 0.25) is 0 Å². The molecule has 0 amide bonds. The maximum atomic E-state index is 11.3. The normalized spacial score (nSPS) is 12.8. The van der Waals surface area contributed by atoms with Crippen molar-refractivity contribution in [3.8, 4) is 28.4 Å². The van der Waals surface area contributed by atoms with Crippen LogP contribution in [0.4, 0.5) is 5.69 Å². The molecule has 2 aromatic heterocycles. The summed E-state index contributed by atoms with van der Waals surface area (Å²) < 4.78 is 13.3. The number of fused-ring (bicyclic) bond motifs is 2. The van der Waals surface area contributed by atoms with Crippen LogP contribution >= 0.6 is 0 Å². The summed E-state index contributed by atoms with van der Waals surface area (Å²) >= 11 is 0. The van der Waals surface area contributed by atoms with Crippen molar-refractivity contribution in [2.45, 2.75) is 0 Å². The fourth-order valence-corrected chi connectivity index (χ4v) is 4.22. The molecule has 8 nitrogen and oxygen atoms in total. The Bertz CT molecular complexity index is 1630. The van der Waals surface area contributed by atoms with Crippen LogP contribution in [-0.2, 0) is 0 Å². The van der Waals surface area contributed by atoms with Gasteiger partial charge in [0.15, 0.2) is 11.5 Å². The third-order valence-electron chi connectivity index (χ3n) is 5.94. The van der Waals surface area contributed by atoms with E-state index >= 15 is 0 Å². The van der Waals surface area contributed by atoms with Crippen molar-refractivity contribution in [2.24, 2.45) is 0 Å². The second kappa shape index (κ2) is 8.99. The lowest BCUT2D eigenvalue weighted by atomic mass is 10.1. The minimum atomic E-state index is -0.392. The first-order valence-electron chi connectivity index (χ1n) is 11.4. The minimum Gasteiger partial charge on any atom is -0.486 e. The first-order valence-corrected chi connectivity index (χ1v) is 11.4. The Morgan fingerprint density at radius 3 is 2.56 bits per heavy atom. The van der Waals surface area contributed by atoms with Gasteiger partial charge in [0.05, 0.1) is 27.2 Å². The fourth-order valence-electron chi connectivity index (χ4n) is 4.22.